The molecule has 0 heterocycles. The molecule has 18 heavy (non-hydrogen) atoms. The van der Waals surface area contributed by atoms with Crippen LogP contribution in [-0.2, 0) is 14.4 Å². The number of carbonyl (C=O) groups is 3. The highest BCUT2D eigenvalue weighted by atomic mass is 16.4. The number of amides is 1. The summed E-state index contributed by atoms with van der Waals surface area (Å²) in [5, 5.41) is 19.2. The van der Waals surface area contributed by atoms with Crippen molar-refractivity contribution in [3.63, 3.8) is 0 Å². The van der Waals surface area contributed by atoms with E-state index in [-0.39, 0.29) is 6.42 Å². The van der Waals surface area contributed by atoms with Gasteiger partial charge in [-0.1, -0.05) is 12.2 Å². The largest absolute Gasteiger partial charge is 0.480 e. The van der Waals surface area contributed by atoms with Crippen molar-refractivity contribution in [1.82, 2.24) is 5.32 Å². The maximum Gasteiger partial charge on any atom is 0.325 e. The molecule has 3 atom stereocenters. The molecule has 0 saturated carbocycles. The van der Waals surface area contributed by atoms with Crippen LogP contribution < -0.4 is 16.8 Å². The first-order valence-corrected chi connectivity index (χ1v) is 5.19. The second kappa shape index (κ2) is 7.41. The Hall–Kier alpha value is -1.93. The first-order chi connectivity index (χ1) is 8.25. The Morgan fingerprint density at radius 2 is 1.78 bits per heavy atom. The molecule has 8 heteroatoms. The number of carbonyl (C=O) groups excluding carboxylic acids is 1. The van der Waals surface area contributed by atoms with Gasteiger partial charge in [0.15, 0.2) is 0 Å². The number of hydrogen-bond donors (Lipinski definition) is 5. The van der Waals surface area contributed by atoms with E-state index in [1.165, 1.54) is 19.1 Å². The van der Waals surface area contributed by atoms with Gasteiger partial charge in [0.1, 0.15) is 18.1 Å². The SMILES string of the molecule is CC(NC(=O)C(N)C=CCC(N)C(=O)O)C(=O)O. The number of carboxylic acids is 2. The lowest BCUT2D eigenvalue weighted by Gasteiger charge is -2.12. The zero-order valence-electron chi connectivity index (χ0n) is 9.87. The maximum atomic E-state index is 11.4. The highest BCUT2D eigenvalue weighted by molar-refractivity contribution is 5.87. The molecular weight excluding hydrogens is 242 g/mol. The zero-order valence-corrected chi connectivity index (χ0v) is 9.87. The summed E-state index contributed by atoms with van der Waals surface area (Å²) in [5.74, 6) is -2.99. The zero-order chi connectivity index (χ0) is 14.3. The van der Waals surface area contributed by atoms with E-state index in [9.17, 15) is 14.4 Å². The maximum absolute atomic E-state index is 11.4. The number of nitrogens with one attached hydrogen (secondary N) is 1. The van der Waals surface area contributed by atoms with Crippen LogP contribution in [0.1, 0.15) is 13.3 Å². The monoisotopic (exact) mass is 259 g/mol. The van der Waals surface area contributed by atoms with E-state index in [1.54, 1.807) is 0 Å². The van der Waals surface area contributed by atoms with Gasteiger partial charge >= 0.3 is 11.9 Å². The van der Waals surface area contributed by atoms with E-state index in [4.69, 9.17) is 21.7 Å². The van der Waals surface area contributed by atoms with Gasteiger partial charge in [0.25, 0.3) is 0 Å². The highest BCUT2D eigenvalue weighted by Gasteiger charge is 2.17. The van der Waals surface area contributed by atoms with Crippen molar-refractivity contribution in [2.24, 2.45) is 11.5 Å². The van der Waals surface area contributed by atoms with Crippen molar-refractivity contribution in [2.45, 2.75) is 31.5 Å². The Kier molecular flexibility index (Phi) is 6.61. The third-order valence-corrected chi connectivity index (χ3v) is 2.08. The van der Waals surface area contributed by atoms with E-state index in [1.807, 2.05) is 0 Å². The topological polar surface area (TPSA) is 156 Å². The molecule has 0 aliphatic heterocycles. The van der Waals surface area contributed by atoms with Crippen molar-refractivity contribution >= 4 is 17.8 Å². The van der Waals surface area contributed by atoms with Crippen molar-refractivity contribution in [3.05, 3.63) is 12.2 Å². The quantitative estimate of drug-likeness (QED) is 0.340. The summed E-state index contributed by atoms with van der Waals surface area (Å²) in [4.78, 5) is 32.2. The average molecular weight is 259 g/mol. The summed E-state index contributed by atoms with van der Waals surface area (Å²) in [6.07, 6.45) is 2.67. The molecule has 8 nitrogen and oxygen atoms in total. The summed E-state index contributed by atoms with van der Waals surface area (Å²) in [5.41, 5.74) is 10.7. The van der Waals surface area contributed by atoms with E-state index in [2.05, 4.69) is 5.32 Å². The summed E-state index contributed by atoms with van der Waals surface area (Å²) in [6.45, 7) is 1.30. The molecule has 0 aromatic heterocycles. The van der Waals surface area contributed by atoms with Crippen molar-refractivity contribution in [2.75, 3.05) is 0 Å². The van der Waals surface area contributed by atoms with Gasteiger partial charge in [0.2, 0.25) is 5.91 Å². The Labute approximate surface area is 104 Å². The molecule has 0 aliphatic rings. The highest BCUT2D eigenvalue weighted by Crippen LogP contribution is 1.93. The van der Waals surface area contributed by atoms with Crippen LogP contribution in [0.3, 0.4) is 0 Å². The molecule has 3 unspecified atom stereocenters. The van der Waals surface area contributed by atoms with Crippen molar-refractivity contribution < 1.29 is 24.6 Å². The molecule has 0 spiro atoms. The third-order valence-electron chi connectivity index (χ3n) is 2.08. The molecule has 0 fully saturated rings. The second-order valence-corrected chi connectivity index (χ2v) is 3.70. The number of carboxylic acid groups (broad SMARTS) is 2. The minimum absolute atomic E-state index is 0.0325. The fourth-order valence-corrected chi connectivity index (χ4v) is 0.931. The summed E-state index contributed by atoms with van der Waals surface area (Å²) in [7, 11) is 0. The Bertz CT molecular complexity index is 355. The van der Waals surface area contributed by atoms with Gasteiger partial charge in [-0.05, 0) is 13.3 Å². The standard InChI is InChI=1S/C10H17N3O5/c1-5(9(15)16)13-8(14)6(11)3-2-4-7(12)10(17)18/h2-3,5-7H,4,11-12H2,1H3,(H,13,14)(H,15,16)(H,17,18). The van der Waals surface area contributed by atoms with Gasteiger partial charge < -0.3 is 27.0 Å². The van der Waals surface area contributed by atoms with Gasteiger partial charge in [-0.2, -0.15) is 0 Å². The smallest absolute Gasteiger partial charge is 0.325 e. The van der Waals surface area contributed by atoms with Gasteiger partial charge in [0, 0.05) is 0 Å². The lowest BCUT2D eigenvalue weighted by Crippen LogP contribution is -2.46. The van der Waals surface area contributed by atoms with Crippen molar-refractivity contribution in [1.29, 1.82) is 0 Å². The van der Waals surface area contributed by atoms with Crippen LogP contribution in [0.25, 0.3) is 0 Å². The van der Waals surface area contributed by atoms with Crippen LogP contribution in [0.15, 0.2) is 12.2 Å². The Balaban J connectivity index is 4.20. The molecule has 0 radical (unpaired) electrons. The van der Waals surface area contributed by atoms with Gasteiger partial charge in [-0.3, -0.25) is 14.4 Å². The van der Waals surface area contributed by atoms with Crippen LogP contribution >= 0.6 is 0 Å². The fourth-order valence-electron chi connectivity index (χ4n) is 0.931. The van der Waals surface area contributed by atoms with E-state index < -0.39 is 36.0 Å². The molecule has 0 saturated heterocycles. The van der Waals surface area contributed by atoms with Crippen molar-refractivity contribution in [3.8, 4) is 0 Å². The van der Waals surface area contributed by atoms with Crippen LogP contribution in [0.4, 0.5) is 0 Å². The molecule has 0 aliphatic carbocycles. The normalized spacial score (nSPS) is 15.9. The Morgan fingerprint density at radius 1 is 1.22 bits per heavy atom. The summed E-state index contributed by atoms with van der Waals surface area (Å²) < 4.78 is 0. The number of hydrogen-bond acceptors (Lipinski definition) is 5. The van der Waals surface area contributed by atoms with Crippen LogP contribution in [0.5, 0.6) is 0 Å². The predicted octanol–water partition coefficient (Wildman–Crippen LogP) is -1.74. The lowest BCUT2D eigenvalue weighted by atomic mass is 10.1. The first-order valence-electron chi connectivity index (χ1n) is 5.19. The van der Waals surface area contributed by atoms with Crippen LogP contribution in [0.2, 0.25) is 0 Å². The fraction of sp³-hybridized carbons (Fsp3) is 0.500. The molecule has 0 aromatic carbocycles. The van der Waals surface area contributed by atoms with Crippen LogP contribution in [-0.4, -0.2) is 46.2 Å². The number of rotatable bonds is 7. The number of aliphatic carboxylic acids is 2. The lowest BCUT2D eigenvalue weighted by molar-refractivity contribution is -0.141. The van der Waals surface area contributed by atoms with E-state index in [0.29, 0.717) is 0 Å². The molecule has 1 amide bonds. The molecule has 7 N–H and O–H groups in total. The first kappa shape index (κ1) is 16.1. The molecular formula is C10H17N3O5. The van der Waals surface area contributed by atoms with Gasteiger partial charge in [0.05, 0.1) is 0 Å². The molecule has 0 rings (SSSR count). The second-order valence-electron chi connectivity index (χ2n) is 3.70. The van der Waals surface area contributed by atoms with Gasteiger partial charge in [-0.15, -0.1) is 0 Å². The van der Waals surface area contributed by atoms with E-state index in [0.717, 1.165) is 0 Å². The summed E-state index contributed by atoms with van der Waals surface area (Å²) >= 11 is 0. The predicted molar refractivity (Wildman–Crippen MR) is 62.6 cm³/mol. The minimum Gasteiger partial charge on any atom is -0.480 e. The molecule has 0 bridgehead atoms. The molecule has 0 aromatic rings. The molecule has 102 valence electrons. The Morgan fingerprint density at radius 3 is 2.22 bits per heavy atom. The third kappa shape index (κ3) is 5.97. The van der Waals surface area contributed by atoms with Crippen LogP contribution in [0, 0.1) is 0 Å². The number of nitrogens with two attached hydrogens (primary N) is 2. The van der Waals surface area contributed by atoms with Gasteiger partial charge in [-0.25, -0.2) is 0 Å². The summed E-state index contributed by atoms with van der Waals surface area (Å²) in [6, 6.07) is -3.15. The minimum atomic E-state index is -1.17. The van der Waals surface area contributed by atoms with E-state index >= 15 is 0 Å². The average Bonchev–Trinajstić information content (AvgIpc) is 2.27.